The molecule has 0 unspecified atom stereocenters. The number of carbonyl (C=O) groups is 1. The van der Waals surface area contributed by atoms with Crippen LogP contribution in [-0.4, -0.2) is 23.2 Å². The zero-order valence-electron chi connectivity index (χ0n) is 14.2. The van der Waals surface area contributed by atoms with Gasteiger partial charge in [-0.15, -0.1) is 11.3 Å². The minimum atomic E-state index is -1.07. The number of hydrogen-bond acceptors (Lipinski definition) is 5. The van der Waals surface area contributed by atoms with Crippen LogP contribution in [-0.2, 0) is 6.61 Å². The second kappa shape index (κ2) is 7.76. The van der Waals surface area contributed by atoms with Gasteiger partial charge in [0.05, 0.1) is 12.1 Å². The summed E-state index contributed by atoms with van der Waals surface area (Å²) in [6.45, 7) is 2.38. The lowest BCUT2D eigenvalue weighted by Crippen LogP contribution is -2.00. The fraction of sp³-hybridized carbons (Fsp3) is 0.158. The van der Waals surface area contributed by atoms with Gasteiger partial charge in [-0.3, -0.25) is 0 Å². The van der Waals surface area contributed by atoms with Gasteiger partial charge in [0.1, 0.15) is 11.6 Å². The molecule has 1 N–H and O–H groups in total. The van der Waals surface area contributed by atoms with Crippen molar-refractivity contribution in [3.8, 4) is 22.1 Å². The molecule has 0 fully saturated rings. The largest absolute Gasteiger partial charge is 0.493 e. The second-order valence-corrected chi connectivity index (χ2v) is 6.81. The third-order valence-corrected chi connectivity index (χ3v) is 5.01. The summed E-state index contributed by atoms with van der Waals surface area (Å²) in [6, 6.07) is 11.4. The van der Waals surface area contributed by atoms with Crippen LogP contribution in [0.3, 0.4) is 0 Å². The van der Waals surface area contributed by atoms with E-state index in [1.807, 2.05) is 31.2 Å². The quantitative estimate of drug-likeness (QED) is 0.638. The van der Waals surface area contributed by atoms with Crippen molar-refractivity contribution < 1.29 is 19.4 Å². The van der Waals surface area contributed by atoms with Gasteiger partial charge >= 0.3 is 5.97 Å². The number of aromatic carboxylic acids is 1. The summed E-state index contributed by atoms with van der Waals surface area (Å²) in [6.07, 6.45) is 0. The van der Waals surface area contributed by atoms with Crippen molar-refractivity contribution >= 4 is 28.9 Å². The summed E-state index contributed by atoms with van der Waals surface area (Å²) in [4.78, 5) is 15.1. The molecule has 0 bridgehead atoms. The number of methoxy groups -OCH3 is 1. The second-order valence-electron chi connectivity index (χ2n) is 5.55. The standard InChI is InChI=1S/C19H16ClNO4S/c1-11-5-3-4-6-12(11)9-25-17-14(20)7-13(8-16(17)24-2)18-21-15(10-26-18)19(22)23/h3-8,10H,9H2,1-2H3,(H,22,23). The number of rotatable bonds is 6. The number of aromatic nitrogens is 1. The Bertz CT molecular complexity index is 954. The molecular weight excluding hydrogens is 374 g/mol. The highest BCUT2D eigenvalue weighted by molar-refractivity contribution is 7.13. The first kappa shape index (κ1) is 18.2. The summed E-state index contributed by atoms with van der Waals surface area (Å²) in [7, 11) is 1.53. The maximum absolute atomic E-state index is 11.0. The highest BCUT2D eigenvalue weighted by atomic mass is 35.5. The molecule has 0 amide bonds. The maximum Gasteiger partial charge on any atom is 0.355 e. The summed E-state index contributed by atoms with van der Waals surface area (Å²) in [5.74, 6) is -0.159. The van der Waals surface area contributed by atoms with Gasteiger partial charge in [-0.2, -0.15) is 0 Å². The lowest BCUT2D eigenvalue weighted by molar-refractivity contribution is 0.0691. The van der Waals surface area contributed by atoms with Crippen molar-refractivity contribution in [1.82, 2.24) is 4.98 Å². The van der Waals surface area contributed by atoms with E-state index in [1.165, 1.54) is 23.8 Å². The molecule has 0 saturated carbocycles. The molecule has 1 aromatic heterocycles. The van der Waals surface area contributed by atoms with Crippen LogP contribution in [0.25, 0.3) is 10.6 Å². The molecule has 0 radical (unpaired) electrons. The number of nitrogens with zero attached hydrogens (tertiary/aromatic N) is 1. The zero-order chi connectivity index (χ0) is 18.7. The molecule has 7 heteroatoms. The molecule has 26 heavy (non-hydrogen) atoms. The van der Waals surface area contributed by atoms with E-state index in [0.717, 1.165) is 11.1 Å². The van der Waals surface area contributed by atoms with Gasteiger partial charge in [-0.25, -0.2) is 9.78 Å². The summed E-state index contributed by atoms with van der Waals surface area (Å²) < 4.78 is 11.3. The van der Waals surface area contributed by atoms with Crippen molar-refractivity contribution in [3.05, 3.63) is 63.6 Å². The van der Waals surface area contributed by atoms with Crippen molar-refractivity contribution in [2.24, 2.45) is 0 Å². The van der Waals surface area contributed by atoms with E-state index in [9.17, 15) is 4.79 Å². The topological polar surface area (TPSA) is 68.7 Å². The highest BCUT2D eigenvalue weighted by Crippen LogP contribution is 2.40. The molecule has 5 nitrogen and oxygen atoms in total. The number of carboxylic acids is 1. The minimum Gasteiger partial charge on any atom is -0.493 e. The van der Waals surface area contributed by atoms with E-state index >= 15 is 0 Å². The van der Waals surface area contributed by atoms with Gasteiger partial charge < -0.3 is 14.6 Å². The predicted octanol–water partition coefficient (Wildman–Crippen LogP) is 5.06. The van der Waals surface area contributed by atoms with Crippen LogP contribution < -0.4 is 9.47 Å². The molecular formula is C19H16ClNO4S. The Labute approximate surface area is 159 Å². The number of aryl methyl sites for hydroxylation is 1. The van der Waals surface area contributed by atoms with Gasteiger partial charge in [0.15, 0.2) is 17.2 Å². The Balaban J connectivity index is 1.89. The van der Waals surface area contributed by atoms with Gasteiger partial charge in [0.2, 0.25) is 0 Å². The van der Waals surface area contributed by atoms with Crippen LogP contribution >= 0.6 is 22.9 Å². The molecule has 0 atom stereocenters. The lowest BCUT2D eigenvalue weighted by Gasteiger charge is -2.14. The molecule has 0 aliphatic rings. The first-order valence-electron chi connectivity index (χ1n) is 7.73. The number of benzene rings is 2. The van der Waals surface area contributed by atoms with Gasteiger partial charge in [-0.1, -0.05) is 35.9 Å². The van der Waals surface area contributed by atoms with E-state index in [4.69, 9.17) is 26.2 Å². The van der Waals surface area contributed by atoms with Crippen molar-refractivity contribution in [3.63, 3.8) is 0 Å². The molecule has 0 aliphatic heterocycles. The molecule has 134 valence electrons. The van der Waals surface area contributed by atoms with Crippen molar-refractivity contribution in [2.75, 3.05) is 7.11 Å². The van der Waals surface area contributed by atoms with E-state index in [1.54, 1.807) is 12.1 Å². The maximum atomic E-state index is 11.0. The van der Waals surface area contributed by atoms with Crippen LogP contribution in [0.15, 0.2) is 41.8 Å². The van der Waals surface area contributed by atoms with Gasteiger partial charge in [0.25, 0.3) is 0 Å². The fourth-order valence-corrected chi connectivity index (χ4v) is 3.46. The number of hydrogen-bond donors (Lipinski definition) is 1. The van der Waals surface area contributed by atoms with E-state index in [0.29, 0.717) is 33.7 Å². The molecule has 0 saturated heterocycles. The lowest BCUT2D eigenvalue weighted by atomic mass is 10.1. The summed E-state index contributed by atoms with van der Waals surface area (Å²) in [5.41, 5.74) is 2.86. The zero-order valence-corrected chi connectivity index (χ0v) is 15.7. The Morgan fingerprint density at radius 1 is 1.31 bits per heavy atom. The Kier molecular flexibility index (Phi) is 5.44. The number of ether oxygens (including phenoxy) is 2. The van der Waals surface area contributed by atoms with E-state index in [-0.39, 0.29) is 5.69 Å². The summed E-state index contributed by atoms with van der Waals surface area (Å²) >= 11 is 7.62. The SMILES string of the molecule is COc1cc(-c2nc(C(=O)O)cs2)cc(Cl)c1OCc1ccccc1C. The smallest absolute Gasteiger partial charge is 0.355 e. The van der Waals surface area contributed by atoms with Crippen LogP contribution in [0, 0.1) is 6.92 Å². The third-order valence-electron chi connectivity index (χ3n) is 3.83. The van der Waals surface area contributed by atoms with Crippen LogP contribution in [0.5, 0.6) is 11.5 Å². The molecule has 0 aliphatic carbocycles. The predicted molar refractivity (Wildman–Crippen MR) is 102 cm³/mol. The average Bonchev–Trinajstić information content (AvgIpc) is 3.12. The van der Waals surface area contributed by atoms with Gasteiger partial charge in [-0.05, 0) is 30.2 Å². The first-order valence-corrected chi connectivity index (χ1v) is 8.99. The molecule has 3 aromatic rings. The van der Waals surface area contributed by atoms with Gasteiger partial charge in [0, 0.05) is 10.9 Å². The monoisotopic (exact) mass is 389 g/mol. The molecule has 1 heterocycles. The molecule has 0 spiro atoms. The van der Waals surface area contributed by atoms with Crippen LogP contribution in [0.4, 0.5) is 0 Å². The number of thiazole rings is 1. The highest BCUT2D eigenvalue weighted by Gasteiger charge is 2.16. The Morgan fingerprint density at radius 2 is 2.08 bits per heavy atom. The third kappa shape index (κ3) is 3.81. The molecule has 2 aromatic carbocycles. The van der Waals surface area contributed by atoms with Crippen molar-refractivity contribution in [2.45, 2.75) is 13.5 Å². The minimum absolute atomic E-state index is 0.0000291. The van der Waals surface area contributed by atoms with Crippen LogP contribution in [0.1, 0.15) is 21.6 Å². The first-order chi connectivity index (χ1) is 12.5. The normalized spacial score (nSPS) is 10.6. The average molecular weight is 390 g/mol. The molecule has 3 rings (SSSR count). The van der Waals surface area contributed by atoms with E-state index < -0.39 is 5.97 Å². The van der Waals surface area contributed by atoms with Crippen LogP contribution in [0.2, 0.25) is 5.02 Å². The van der Waals surface area contributed by atoms with E-state index in [2.05, 4.69) is 4.98 Å². The Hall–Kier alpha value is -2.57. The fourth-order valence-electron chi connectivity index (χ4n) is 2.41. The Morgan fingerprint density at radius 3 is 2.73 bits per heavy atom. The number of halogens is 1. The summed E-state index contributed by atoms with van der Waals surface area (Å²) in [5, 5.41) is 11.4. The van der Waals surface area contributed by atoms with Crippen molar-refractivity contribution in [1.29, 1.82) is 0 Å². The number of carboxylic acid groups (broad SMARTS) is 1.